The molecule has 2 saturated heterocycles. The zero-order chi connectivity index (χ0) is 18.6. The van der Waals surface area contributed by atoms with Crippen molar-refractivity contribution in [3.8, 4) is 0 Å². The number of ether oxygens (including phenoxy) is 2. The molecule has 5 nitrogen and oxygen atoms in total. The maximum atomic E-state index is 6.44. The maximum Gasteiger partial charge on any atom is 0.138 e. The summed E-state index contributed by atoms with van der Waals surface area (Å²) in [7, 11) is 0. The Hall–Kier alpha value is -0.590. The molecule has 1 aromatic heterocycles. The molecule has 0 radical (unpaired) electrons. The summed E-state index contributed by atoms with van der Waals surface area (Å²) in [5, 5.41) is 0.925. The summed E-state index contributed by atoms with van der Waals surface area (Å²) in [6.45, 7) is 7.17. The van der Waals surface area contributed by atoms with Crippen molar-refractivity contribution in [3.63, 3.8) is 0 Å². The third-order valence-electron chi connectivity index (χ3n) is 6.21. The first kappa shape index (κ1) is 19.7. The molecular formula is C20H29Cl2N3O2. The van der Waals surface area contributed by atoms with Gasteiger partial charge in [-0.05, 0) is 37.7 Å². The topological polar surface area (TPSA) is 37.8 Å². The summed E-state index contributed by atoms with van der Waals surface area (Å²) in [5.41, 5.74) is 2.07. The van der Waals surface area contributed by atoms with Gasteiger partial charge in [-0.2, -0.15) is 0 Å². The summed E-state index contributed by atoms with van der Waals surface area (Å²) in [6.07, 6.45) is 6.21. The summed E-state index contributed by atoms with van der Waals surface area (Å²) >= 11 is 12.7. The number of morpholine rings is 1. The van der Waals surface area contributed by atoms with E-state index in [1.807, 2.05) is 6.07 Å². The number of hydrogen-bond donors (Lipinski definition) is 0. The molecule has 0 atom stereocenters. The van der Waals surface area contributed by atoms with E-state index in [1.54, 1.807) is 0 Å². The van der Waals surface area contributed by atoms with Crippen LogP contribution in [0.2, 0.25) is 10.3 Å². The Morgan fingerprint density at radius 1 is 1.07 bits per heavy atom. The summed E-state index contributed by atoms with van der Waals surface area (Å²) in [4.78, 5) is 9.23. The van der Waals surface area contributed by atoms with E-state index in [9.17, 15) is 0 Å². The minimum Gasteiger partial charge on any atom is -0.379 e. The van der Waals surface area contributed by atoms with Crippen molar-refractivity contribution < 1.29 is 9.47 Å². The van der Waals surface area contributed by atoms with Crippen LogP contribution in [0.1, 0.15) is 37.7 Å². The molecule has 0 aromatic carbocycles. The molecule has 1 saturated carbocycles. The highest BCUT2D eigenvalue weighted by molar-refractivity contribution is 6.33. The molecule has 1 aromatic rings. The van der Waals surface area contributed by atoms with Crippen molar-refractivity contribution in [1.82, 2.24) is 9.88 Å². The van der Waals surface area contributed by atoms with Gasteiger partial charge >= 0.3 is 0 Å². The lowest BCUT2D eigenvalue weighted by Gasteiger charge is -2.41. The molecule has 0 bridgehead atoms. The summed E-state index contributed by atoms with van der Waals surface area (Å²) in [6, 6.07) is 2.60. The van der Waals surface area contributed by atoms with Gasteiger partial charge in [-0.1, -0.05) is 29.6 Å². The van der Waals surface area contributed by atoms with Crippen LogP contribution in [-0.2, 0) is 16.1 Å². The minimum absolute atomic E-state index is 0.452. The van der Waals surface area contributed by atoms with E-state index in [0.717, 1.165) is 76.0 Å². The maximum absolute atomic E-state index is 6.44. The Morgan fingerprint density at radius 3 is 2.48 bits per heavy atom. The Labute approximate surface area is 171 Å². The lowest BCUT2D eigenvalue weighted by atomic mass is 9.86. The smallest absolute Gasteiger partial charge is 0.138 e. The second-order valence-corrected chi connectivity index (χ2v) is 8.66. The van der Waals surface area contributed by atoms with Gasteiger partial charge in [0.05, 0.1) is 19.8 Å². The van der Waals surface area contributed by atoms with Gasteiger partial charge in [-0.3, -0.25) is 4.90 Å². The van der Waals surface area contributed by atoms with Crippen LogP contribution in [0.4, 0.5) is 5.69 Å². The van der Waals surface area contributed by atoms with E-state index in [0.29, 0.717) is 23.0 Å². The van der Waals surface area contributed by atoms with E-state index < -0.39 is 0 Å². The first-order valence-corrected chi connectivity index (χ1v) is 11.0. The van der Waals surface area contributed by atoms with Crippen LogP contribution in [0.3, 0.4) is 0 Å². The number of anilines is 1. The molecule has 7 heteroatoms. The standard InChI is InChI=1S/C20H29Cl2N3O2/c21-19-12-18(17(20(22)23-19)14-27-13-15-2-1-3-15)25-6-4-16(5-7-25)24-8-10-26-11-9-24/h12,15-16H,1-11,13-14H2. The highest BCUT2D eigenvalue weighted by Gasteiger charge is 2.28. The SMILES string of the molecule is Clc1cc(N2CCC(N3CCOCC3)CC2)c(COCC2CCC2)c(Cl)n1. The second kappa shape index (κ2) is 9.27. The van der Waals surface area contributed by atoms with Crippen molar-refractivity contribution in [2.75, 3.05) is 50.9 Å². The average Bonchev–Trinajstić information content (AvgIpc) is 2.65. The molecular weight excluding hydrogens is 385 g/mol. The largest absolute Gasteiger partial charge is 0.379 e. The van der Waals surface area contributed by atoms with Crippen molar-refractivity contribution in [2.24, 2.45) is 5.92 Å². The molecule has 0 spiro atoms. The lowest BCUT2D eigenvalue weighted by Crippen LogP contribution is -2.49. The highest BCUT2D eigenvalue weighted by Crippen LogP contribution is 2.33. The van der Waals surface area contributed by atoms with E-state index in [2.05, 4.69) is 14.8 Å². The first-order chi connectivity index (χ1) is 13.2. The minimum atomic E-state index is 0.452. The van der Waals surface area contributed by atoms with Crippen LogP contribution in [0, 0.1) is 5.92 Å². The van der Waals surface area contributed by atoms with Gasteiger partial charge in [-0.25, -0.2) is 4.98 Å². The van der Waals surface area contributed by atoms with Gasteiger partial charge in [-0.15, -0.1) is 0 Å². The lowest BCUT2D eigenvalue weighted by molar-refractivity contribution is 0.0114. The Morgan fingerprint density at radius 2 is 1.81 bits per heavy atom. The third kappa shape index (κ3) is 4.88. The Kier molecular flexibility index (Phi) is 6.77. The number of nitrogens with zero attached hydrogens (tertiary/aromatic N) is 3. The van der Waals surface area contributed by atoms with Crippen LogP contribution in [0.15, 0.2) is 6.07 Å². The van der Waals surface area contributed by atoms with E-state index in [4.69, 9.17) is 32.7 Å². The second-order valence-electron chi connectivity index (χ2n) is 7.91. The van der Waals surface area contributed by atoms with Crippen LogP contribution in [0.5, 0.6) is 0 Å². The van der Waals surface area contributed by atoms with Gasteiger partial charge in [0.1, 0.15) is 10.3 Å². The predicted octanol–water partition coefficient (Wildman–Crippen LogP) is 4.01. The molecule has 3 aliphatic rings. The molecule has 1 aliphatic carbocycles. The van der Waals surface area contributed by atoms with E-state index in [1.165, 1.54) is 19.3 Å². The predicted molar refractivity (Wildman–Crippen MR) is 109 cm³/mol. The van der Waals surface area contributed by atoms with Crippen LogP contribution in [0.25, 0.3) is 0 Å². The zero-order valence-corrected chi connectivity index (χ0v) is 17.4. The summed E-state index contributed by atoms with van der Waals surface area (Å²) < 4.78 is 11.5. The van der Waals surface area contributed by atoms with E-state index >= 15 is 0 Å². The normalized spacial score (nSPS) is 22.8. The van der Waals surface area contributed by atoms with Crippen LogP contribution >= 0.6 is 23.2 Å². The van der Waals surface area contributed by atoms with Crippen molar-refractivity contribution in [2.45, 2.75) is 44.8 Å². The number of halogens is 2. The molecule has 0 N–H and O–H groups in total. The number of aromatic nitrogens is 1. The van der Waals surface area contributed by atoms with Crippen LogP contribution in [-0.4, -0.2) is 61.9 Å². The number of rotatable bonds is 6. The molecule has 0 amide bonds. The average molecular weight is 414 g/mol. The first-order valence-electron chi connectivity index (χ1n) is 10.2. The van der Waals surface area contributed by atoms with Crippen LogP contribution < -0.4 is 4.90 Å². The highest BCUT2D eigenvalue weighted by atomic mass is 35.5. The van der Waals surface area contributed by atoms with Gasteiger partial charge in [0, 0.05) is 50.1 Å². The van der Waals surface area contributed by atoms with Gasteiger partial charge in [0.25, 0.3) is 0 Å². The number of hydrogen-bond acceptors (Lipinski definition) is 5. The molecule has 150 valence electrons. The van der Waals surface area contributed by atoms with Crippen molar-refractivity contribution in [3.05, 3.63) is 21.9 Å². The van der Waals surface area contributed by atoms with Crippen molar-refractivity contribution >= 4 is 28.9 Å². The summed E-state index contributed by atoms with van der Waals surface area (Å²) in [5.74, 6) is 0.719. The van der Waals surface area contributed by atoms with Gasteiger partial charge < -0.3 is 14.4 Å². The van der Waals surface area contributed by atoms with Crippen molar-refractivity contribution in [1.29, 1.82) is 0 Å². The molecule has 3 fully saturated rings. The fraction of sp³-hybridized carbons (Fsp3) is 0.750. The molecule has 0 unspecified atom stereocenters. The van der Waals surface area contributed by atoms with Gasteiger partial charge in [0.2, 0.25) is 0 Å². The Bertz CT molecular complexity index is 628. The fourth-order valence-corrected chi connectivity index (χ4v) is 4.79. The zero-order valence-electron chi connectivity index (χ0n) is 15.8. The number of piperidine rings is 1. The van der Waals surface area contributed by atoms with E-state index in [-0.39, 0.29) is 0 Å². The monoisotopic (exact) mass is 413 g/mol. The molecule has 3 heterocycles. The third-order valence-corrected chi connectivity index (χ3v) is 6.72. The molecule has 27 heavy (non-hydrogen) atoms. The van der Waals surface area contributed by atoms with Gasteiger partial charge in [0.15, 0.2) is 0 Å². The molecule has 2 aliphatic heterocycles. The Balaban J connectivity index is 1.39. The quantitative estimate of drug-likeness (QED) is 0.658. The molecule has 4 rings (SSSR count). The fourth-order valence-electron chi connectivity index (χ4n) is 4.32. The number of pyridine rings is 1.